The Balaban J connectivity index is 1.87. The van der Waals surface area contributed by atoms with Crippen molar-refractivity contribution < 1.29 is 14.1 Å². The monoisotopic (exact) mass is 301 g/mol. The second kappa shape index (κ2) is 4.95. The minimum atomic E-state index is -0.705. The van der Waals surface area contributed by atoms with Gasteiger partial charge in [0, 0.05) is 12.4 Å². The van der Waals surface area contributed by atoms with Crippen molar-refractivity contribution in [3.63, 3.8) is 0 Å². The van der Waals surface area contributed by atoms with Crippen molar-refractivity contribution in [2.24, 2.45) is 7.05 Å². The van der Waals surface area contributed by atoms with Crippen LogP contribution in [0.25, 0.3) is 11.0 Å². The van der Waals surface area contributed by atoms with E-state index in [1.54, 1.807) is 17.8 Å². The van der Waals surface area contributed by atoms with E-state index in [4.69, 9.17) is 4.42 Å². The third-order valence-electron chi connectivity index (χ3n) is 3.12. The molecule has 3 rings (SSSR count). The van der Waals surface area contributed by atoms with E-state index in [1.807, 2.05) is 6.92 Å². The Labute approximate surface area is 123 Å². The maximum absolute atomic E-state index is 12.0. The number of carbonyl (C=O) groups is 1. The van der Waals surface area contributed by atoms with Crippen molar-refractivity contribution in [1.82, 2.24) is 14.8 Å². The number of carbonyl (C=O) groups excluding carboxylic acids is 1. The minimum Gasteiger partial charge on any atom is -0.395 e. The molecule has 0 saturated heterocycles. The maximum atomic E-state index is 12.0. The number of furan rings is 1. The van der Waals surface area contributed by atoms with Gasteiger partial charge in [0.25, 0.3) is 5.91 Å². The van der Waals surface area contributed by atoms with E-state index < -0.39 is 16.7 Å². The predicted molar refractivity (Wildman–Crippen MR) is 76.6 cm³/mol. The molecule has 22 heavy (non-hydrogen) atoms. The number of pyridine rings is 1. The van der Waals surface area contributed by atoms with Crippen molar-refractivity contribution in [3.8, 4) is 0 Å². The molecule has 0 spiro atoms. The zero-order valence-electron chi connectivity index (χ0n) is 11.7. The third-order valence-corrected chi connectivity index (χ3v) is 3.12. The van der Waals surface area contributed by atoms with Crippen LogP contribution >= 0.6 is 0 Å². The first-order valence-corrected chi connectivity index (χ1v) is 6.30. The van der Waals surface area contributed by atoms with Crippen molar-refractivity contribution in [2.45, 2.75) is 6.92 Å². The number of rotatable bonds is 3. The molecule has 1 amide bonds. The van der Waals surface area contributed by atoms with Crippen LogP contribution in [-0.2, 0) is 7.05 Å². The molecular formula is C13H11N5O4. The van der Waals surface area contributed by atoms with Crippen LogP contribution in [0.4, 0.5) is 11.6 Å². The van der Waals surface area contributed by atoms with E-state index in [0.29, 0.717) is 11.3 Å². The van der Waals surface area contributed by atoms with Gasteiger partial charge in [0.2, 0.25) is 0 Å². The van der Waals surface area contributed by atoms with Crippen molar-refractivity contribution in [2.75, 3.05) is 5.32 Å². The van der Waals surface area contributed by atoms with Gasteiger partial charge in [-0.05, 0) is 19.1 Å². The largest absolute Gasteiger partial charge is 0.433 e. The Morgan fingerprint density at radius 2 is 2.23 bits per heavy atom. The van der Waals surface area contributed by atoms with Crippen molar-refractivity contribution in [3.05, 3.63) is 46.0 Å². The molecule has 9 heteroatoms. The van der Waals surface area contributed by atoms with E-state index in [1.165, 1.54) is 12.3 Å². The first-order valence-electron chi connectivity index (χ1n) is 6.30. The molecule has 9 nitrogen and oxygen atoms in total. The molecular weight excluding hydrogens is 290 g/mol. The van der Waals surface area contributed by atoms with Gasteiger partial charge in [-0.1, -0.05) is 0 Å². The molecule has 0 radical (unpaired) electrons. The van der Waals surface area contributed by atoms with Crippen LogP contribution < -0.4 is 5.32 Å². The number of nitro groups is 1. The lowest BCUT2D eigenvalue weighted by Gasteiger charge is -2.02. The Morgan fingerprint density at radius 3 is 2.91 bits per heavy atom. The number of hydrogen-bond acceptors (Lipinski definition) is 6. The first kappa shape index (κ1) is 13.7. The number of aryl methyl sites for hydroxylation is 2. The molecule has 3 aromatic heterocycles. The van der Waals surface area contributed by atoms with E-state index in [-0.39, 0.29) is 5.76 Å². The number of nitrogens with zero attached hydrogens (tertiary/aromatic N) is 4. The molecule has 0 unspecified atom stereocenters. The van der Waals surface area contributed by atoms with Crippen LogP contribution in [0.5, 0.6) is 0 Å². The Hall–Kier alpha value is -3.23. The molecule has 0 fully saturated rings. The van der Waals surface area contributed by atoms with Crippen LogP contribution in [0, 0.1) is 17.0 Å². The highest BCUT2D eigenvalue weighted by Gasteiger charge is 2.18. The minimum absolute atomic E-state index is 0.144. The zero-order valence-corrected chi connectivity index (χ0v) is 11.7. The quantitative estimate of drug-likeness (QED) is 0.584. The number of fused-ring (bicyclic) bond motifs is 1. The fourth-order valence-electron chi connectivity index (χ4n) is 2.12. The van der Waals surface area contributed by atoms with Crippen LogP contribution in [-0.4, -0.2) is 25.6 Å². The van der Waals surface area contributed by atoms with Gasteiger partial charge >= 0.3 is 5.88 Å². The van der Waals surface area contributed by atoms with Gasteiger partial charge in [0.05, 0.1) is 23.6 Å². The third kappa shape index (κ3) is 2.28. The predicted octanol–water partition coefficient (Wildman–Crippen LogP) is 2.03. The Morgan fingerprint density at radius 1 is 1.45 bits per heavy atom. The van der Waals surface area contributed by atoms with Gasteiger partial charge in [-0.2, -0.15) is 5.10 Å². The fourth-order valence-corrected chi connectivity index (χ4v) is 2.12. The molecule has 0 aliphatic carbocycles. The SMILES string of the molecule is Cc1nn(C)c2ncc(NC(=O)c3ccc([N+](=O)[O-])o3)cc12. The van der Waals surface area contributed by atoms with Crippen LogP contribution in [0.2, 0.25) is 0 Å². The highest BCUT2D eigenvalue weighted by Crippen LogP contribution is 2.21. The smallest absolute Gasteiger partial charge is 0.395 e. The average molecular weight is 301 g/mol. The molecule has 3 aromatic rings. The van der Waals surface area contributed by atoms with Gasteiger partial charge in [-0.15, -0.1) is 0 Å². The number of anilines is 1. The summed E-state index contributed by atoms with van der Waals surface area (Å²) in [4.78, 5) is 26.1. The normalized spacial score (nSPS) is 10.8. The van der Waals surface area contributed by atoms with Crippen molar-refractivity contribution in [1.29, 1.82) is 0 Å². The summed E-state index contributed by atoms with van der Waals surface area (Å²) < 4.78 is 6.49. The second-order valence-corrected chi connectivity index (χ2v) is 4.65. The molecule has 0 aliphatic heterocycles. The fraction of sp³-hybridized carbons (Fsp3) is 0.154. The summed E-state index contributed by atoms with van der Waals surface area (Å²) in [5.41, 5.74) is 1.94. The molecule has 0 bridgehead atoms. The molecule has 0 atom stereocenters. The average Bonchev–Trinajstić information content (AvgIpc) is 3.05. The summed E-state index contributed by atoms with van der Waals surface area (Å²) in [6, 6.07) is 4.11. The summed E-state index contributed by atoms with van der Waals surface area (Å²) in [5.74, 6) is -1.22. The van der Waals surface area contributed by atoms with Crippen molar-refractivity contribution >= 4 is 28.5 Å². The van der Waals surface area contributed by atoms with Gasteiger partial charge in [0.1, 0.15) is 4.92 Å². The highest BCUT2D eigenvalue weighted by molar-refractivity contribution is 6.03. The first-order chi connectivity index (χ1) is 10.5. The highest BCUT2D eigenvalue weighted by atomic mass is 16.6. The van der Waals surface area contributed by atoms with E-state index >= 15 is 0 Å². The van der Waals surface area contributed by atoms with Gasteiger partial charge < -0.3 is 9.73 Å². The Kier molecular flexibility index (Phi) is 3.09. The summed E-state index contributed by atoms with van der Waals surface area (Å²) in [6.07, 6.45) is 1.48. The van der Waals surface area contributed by atoms with Gasteiger partial charge in [-0.25, -0.2) is 4.98 Å². The number of aromatic nitrogens is 3. The molecule has 3 heterocycles. The maximum Gasteiger partial charge on any atom is 0.433 e. The lowest BCUT2D eigenvalue weighted by atomic mass is 10.2. The lowest BCUT2D eigenvalue weighted by Crippen LogP contribution is -2.11. The van der Waals surface area contributed by atoms with E-state index in [9.17, 15) is 14.9 Å². The van der Waals surface area contributed by atoms with Gasteiger partial charge in [0.15, 0.2) is 11.4 Å². The van der Waals surface area contributed by atoms with Crippen LogP contribution in [0.3, 0.4) is 0 Å². The molecule has 0 aromatic carbocycles. The lowest BCUT2D eigenvalue weighted by molar-refractivity contribution is -0.402. The summed E-state index contributed by atoms with van der Waals surface area (Å²) >= 11 is 0. The number of nitrogens with one attached hydrogen (secondary N) is 1. The molecule has 1 N–H and O–H groups in total. The molecule has 112 valence electrons. The van der Waals surface area contributed by atoms with Gasteiger partial charge in [-0.3, -0.25) is 19.6 Å². The molecule has 0 saturated carbocycles. The topological polar surface area (TPSA) is 116 Å². The number of amides is 1. The standard InChI is InChI=1S/C13H11N5O4/c1-7-9-5-8(6-14-12(9)17(2)16-7)15-13(19)10-3-4-11(22-10)18(20)21/h3-6H,1-2H3,(H,15,19). The summed E-state index contributed by atoms with van der Waals surface area (Å²) in [6.45, 7) is 1.84. The summed E-state index contributed by atoms with van der Waals surface area (Å²) in [7, 11) is 1.78. The zero-order chi connectivity index (χ0) is 15.9. The second-order valence-electron chi connectivity index (χ2n) is 4.65. The molecule has 0 aliphatic rings. The van der Waals surface area contributed by atoms with E-state index in [2.05, 4.69) is 15.4 Å². The number of hydrogen-bond donors (Lipinski definition) is 1. The van der Waals surface area contributed by atoms with Crippen LogP contribution in [0.15, 0.2) is 28.8 Å². The Bertz CT molecular complexity index is 895. The van der Waals surface area contributed by atoms with Crippen LogP contribution in [0.1, 0.15) is 16.2 Å². The van der Waals surface area contributed by atoms with E-state index in [0.717, 1.165) is 17.1 Å². The summed E-state index contributed by atoms with van der Waals surface area (Å²) in [5, 5.41) is 18.2.